The minimum Gasteiger partial charge on any atom is -0.334 e. The first-order valence-corrected chi connectivity index (χ1v) is 8.96. The van der Waals surface area contributed by atoms with E-state index in [9.17, 15) is 9.59 Å². The number of fused-ring (bicyclic) bond motifs is 1. The summed E-state index contributed by atoms with van der Waals surface area (Å²) in [7, 11) is 0. The van der Waals surface area contributed by atoms with Crippen molar-refractivity contribution in [3.05, 3.63) is 81.1 Å². The number of hydrogen-bond donors (Lipinski definition) is 1. The summed E-state index contributed by atoms with van der Waals surface area (Å²) in [6.45, 7) is 6.94. The number of aromatic nitrogens is 1. The number of aryl methyl sites for hydroxylation is 2. The molecule has 0 atom stereocenters. The molecule has 1 N–H and O–H groups in total. The number of nitrogens with one attached hydrogen (secondary N) is 1. The van der Waals surface area contributed by atoms with E-state index in [1.807, 2.05) is 69.3 Å². The number of carbonyl (C=O) groups excluding carboxylic acids is 1. The van der Waals surface area contributed by atoms with Gasteiger partial charge in [-0.25, -0.2) is 0 Å². The third kappa shape index (κ3) is 3.85. The summed E-state index contributed by atoms with van der Waals surface area (Å²) in [5.41, 5.74) is 4.13. The zero-order valence-electron chi connectivity index (χ0n) is 15.5. The largest absolute Gasteiger partial charge is 0.334 e. The van der Waals surface area contributed by atoms with Crippen LogP contribution in [-0.2, 0) is 6.54 Å². The van der Waals surface area contributed by atoms with Crippen LogP contribution in [0.1, 0.15) is 40.4 Å². The topological polar surface area (TPSA) is 53.2 Å². The van der Waals surface area contributed by atoms with Gasteiger partial charge in [0.15, 0.2) is 0 Å². The zero-order chi connectivity index (χ0) is 18.7. The molecule has 0 saturated heterocycles. The predicted molar refractivity (Wildman–Crippen MR) is 106 cm³/mol. The van der Waals surface area contributed by atoms with E-state index in [4.69, 9.17) is 0 Å². The van der Waals surface area contributed by atoms with Crippen molar-refractivity contribution in [2.24, 2.45) is 0 Å². The van der Waals surface area contributed by atoms with Gasteiger partial charge < -0.3 is 9.88 Å². The van der Waals surface area contributed by atoms with E-state index in [1.165, 1.54) is 0 Å². The van der Waals surface area contributed by atoms with Crippen LogP contribution in [0.4, 0.5) is 0 Å². The Hall–Kier alpha value is -2.88. The van der Waals surface area contributed by atoms with Crippen molar-refractivity contribution in [2.75, 3.05) is 6.54 Å². The lowest BCUT2D eigenvalue weighted by Gasteiger charge is -2.22. The van der Waals surface area contributed by atoms with Crippen molar-refractivity contribution < 1.29 is 4.79 Å². The summed E-state index contributed by atoms with van der Waals surface area (Å²) in [4.78, 5) is 30.1. The lowest BCUT2D eigenvalue weighted by atomic mass is 10.1. The van der Waals surface area contributed by atoms with Gasteiger partial charge >= 0.3 is 0 Å². The smallest absolute Gasteiger partial charge is 0.254 e. The number of carbonyl (C=O) groups is 1. The van der Waals surface area contributed by atoms with E-state index in [0.717, 1.165) is 28.5 Å². The molecule has 0 saturated carbocycles. The zero-order valence-corrected chi connectivity index (χ0v) is 15.5. The van der Waals surface area contributed by atoms with E-state index in [1.54, 1.807) is 4.90 Å². The minimum atomic E-state index is -0.139. The van der Waals surface area contributed by atoms with Gasteiger partial charge in [-0.15, -0.1) is 0 Å². The highest BCUT2D eigenvalue weighted by atomic mass is 16.2. The molecule has 0 spiro atoms. The van der Waals surface area contributed by atoms with Crippen molar-refractivity contribution in [1.29, 1.82) is 0 Å². The summed E-state index contributed by atoms with van der Waals surface area (Å²) >= 11 is 0. The monoisotopic (exact) mass is 348 g/mol. The van der Waals surface area contributed by atoms with Crippen molar-refractivity contribution in [2.45, 2.75) is 33.7 Å². The van der Waals surface area contributed by atoms with Gasteiger partial charge in [0, 0.05) is 23.2 Å². The van der Waals surface area contributed by atoms with Gasteiger partial charge in [-0.3, -0.25) is 9.59 Å². The Kier molecular flexibility index (Phi) is 5.21. The first-order chi connectivity index (χ1) is 12.5. The molecule has 3 rings (SSSR count). The third-order valence-corrected chi connectivity index (χ3v) is 4.48. The number of aromatic amines is 1. The first-order valence-electron chi connectivity index (χ1n) is 8.96. The lowest BCUT2D eigenvalue weighted by Crippen LogP contribution is -2.33. The maximum atomic E-state index is 12.9. The highest BCUT2D eigenvalue weighted by Crippen LogP contribution is 2.16. The Bertz CT molecular complexity index is 1000. The molecule has 0 fully saturated rings. The fraction of sp³-hybridized carbons (Fsp3) is 0.273. The van der Waals surface area contributed by atoms with Crippen LogP contribution in [0.15, 0.2) is 53.3 Å². The summed E-state index contributed by atoms with van der Waals surface area (Å²) < 4.78 is 0. The van der Waals surface area contributed by atoms with Crippen molar-refractivity contribution in [3.8, 4) is 0 Å². The highest BCUT2D eigenvalue weighted by Gasteiger charge is 2.17. The van der Waals surface area contributed by atoms with E-state index in [0.29, 0.717) is 24.2 Å². The normalized spacial score (nSPS) is 10.9. The first kappa shape index (κ1) is 17.9. The number of H-pyrrole nitrogens is 1. The maximum Gasteiger partial charge on any atom is 0.254 e. The Morgan fingerprint density at radius 1 is 1.04 bits per heavy atom. The van der Waals surface area contributed by atoms with Crippen LogP contribution < -0.4 is 5.56 Å². The molecule has 4 nitrogen and oxygen atoms in total. The quantitative estimate of drug-likeness (QED) is 0.751. The molecule has 1 heterocycles. The molecule has 0 bridgehead atoms. The Balaban J connectivity index is 1.95. The Labute approximate surface area is 153 Å². The van der Waals surface area contributed by atoms with Gasteiger partial charge in [-0.1, -0.05) is 36.2 Å². The lowest BCUT2D eigenvalue weighted by molar-refractivity contribution is 0.0742. The molecule has 1 amide bonds. The molecule has 0 aliphatic heterocycles. The van der Waals surface area contributed by atoms with Gasteiger partial charge in [-0.05, 0) is 56.0 Å². The summed E-state index contributed by atoms with van der Waals surface area (Å²) in [6.07, 6.45) is 0.835. The SMILES string of the molecule is CCCN(Cc1cc2cc(C)ccc2[nH]c1=O)C(=O)c1cccc(C)c1. The van der Waals surface area contributed by atoms with Crippen molar-refractivity contribution in [3.63, 3.8) is 0 Å². The van der Waals surface area contributed by atoms with Crippen LogP contribution >= 0.6 is 0 Å². The third-order valence-electron chi connectivity index (χ3n) is 4.48. The van der Waals surface area contributed by atoms with Gasteiger partial charge in [0.2, 0.25) is 0 Å². The van der Waals surface area contributed by atoms with Crippen molar-refractivity contribution in [1.82, 2.24) is 9.88 Å². The van der Waals surface area contributed by atoms with Crippen molar-refractivity contribution >= 4 is 16.8 Å². The second-order valence-electron chi connectivity index (χ2n) is 6.81. The van der Waals surface area contributed by atoms with Crippen LogP contribution in [0.25, 0.3) is 10.9 Å². The second kappa shape index (κ2) is 7.56. The summed E-state index contributed by atoms with van der Waals surface area (Å²) in [6, 6.07) is 15.4. The standard InChI is InChI=1S/C22H24N2O2/c1-4-10-24(22(26)17-7-5-6-15(2)11-17)14-19-13-18-12-16(3)8-9-20(18)23-21(19)25/h5-9,11-13H,4,10,14H2,1-3H3,(H,23,25). The maximum absolute atomic E-state index is 12.9. The van der Waals surface area contributed by atoms with Crippen LogP contribution in [0.5, 0.6) is 0 Å². The fourth-order valence-electron chi connectivity index (χ4n) is 3.18. The average molecular weight is 348 g/mol. The van der Waals surface area contributed by atoms with Gasteiger partial charge in [0.05, 0.1) is 6.54 Å². The molecule has 4 heteroatoms. The molecule has 0 radical (unpaired) electrons. The molecule has 3 aromatic rings. The molecule has 0 aliphatic carbocycles. The predicted octanol–water partition coefficient (Wildman–Crippen LogP) is 4.20. The van der Waals surface area contributed by atoms with Gasteiger partial charge in [0.1, 0.15) is 0 Å². The Morgan fingerprint density at radius 3 is 2.54 bits per heavy atom. The van der Waals surface area contributed by atoms with Crippen LogP contribution in [0.2, 0.25) is 0 Å². The molecular formula is C22H24N2O2. The fourth-order valence-corrected chi connectivity index (χ4v) is 3.18. The molecular weight excluding hydrogens is 324 g/mol. The molecule has 134 valence electrons. The van der Waals surface area contributed by atoms with E-state index in [2.05, 4.69) is 4.98 Å². The number of nitrogens with zero attached hydrogens (tertiary/aromatic N) is 1. The average Bonchev–Trinajstić information content (AvgIpc) is 2.61. The van der Waals surface area contributed by atoms with Crippen LogP contribution in [-0.4, -0.2) is 22.3 Å². The molecule has 2 aromatic carbocycles. The van der Waals surface area contributed by atoms with Crippen LogP contribution in [0.3, 0.4) is 0 Å². The molecule has 0 aliphatic rings. The summed E-state index contributed by atoms with van der Waals surface area (Å²) in [5.74, 6) is -0.0423. The number of benzene rings is 2. The summed E-state index contributed by atoms with van der Waals surface area (Å²) in [5, 5.41) is 0.985. The molecule has 1 aromatic heterocycles. The molecule has 26 heavy (non-hydrogen) atoms. The Morgan fingerprint density at radius 2 is 1.81 bits per heavy atom. The number of rotatable bonds is 5. The number of hydrogen-bond acceptors (Lipinski definition) is 2. The van der Waals surface area contributed by atoms with Gasteiger partial charge in [-0.2, -0.15) is 0 Å². The van der Waals surface area contributed by atoms with Crippen LogP contribution in [0, 0.1) is 13.8 Å². The number of amides is 1. The molecule has 0 unspecified atom stereocenters. The number of pyridine rings is 1. The van der Waals surface area contributed by atoms with E-state index in [-0.39, 0.29) is 11.5 Å². The second-order valence-corrected chi connectivity index (χ2v) is 6.81. The van der Waals surface area contributed by atoms with E-state index < -0.39 is 0 Å². The highest BCUT2D eigenvalue weighted by molar-refractivity contribution is 5.94. The van der Waals surface area contributed by atoms with Gasteiger partial charge in [0.25, 0.3) is 11.5 Å². The van der Waals surface area contributed by atoms with E-state index >= 15 is 0 Å². The minimum absolute atomic E-state index is 0.0423.